The van der Waals surface area contributed by atoms with Crippen LogP contribution < -0.4 is 5.32 Å². The van der Waals surface area contributed by atoms with Crippen LogP contribution in [-0.2, 0) is 5.60 Å². The van der Waals surface area contributed by atoms with Crippen molar-refractivity contribution in [3.8, 4) is 0 Å². The Bertz CT molecular complexity index is 840. The number of benzene rings is 2. The van der Waals surface area contributed by atoms with Gasteiger partial charge in [-0.2, -0.15) is 5.10 Å². The third-order valence-corrected chi connectivity index (χ3v) is 3.74. The summed E-state index contributed by atoms with van der Waals surface area (Å²) in [5, 5.41) is 20.7. The van der Waals surface area contributed by atoms with Crippen LogP contribution in [0.4, 0.5) is 4.39 Å². The molecule has 0 fully saturated rings. The highest BCUT2D eigenvalue weighted by molar-refractivity contribution is 6.04. The third kappa shape index (κ3) is 3.07. The first-order valence-electron chi connectivity index (χ1n) is 7.17. The average molecular weight is 313 g/mol. The van der Waals surface area contributed by atoms with Crippen LogP contribution in [0.15, 0.2) is 48.5 Å². The van der Waals surface area contributed by atoms with E-state index in [-0.39, 0.29) is 24.0 Å². The summed E-state index contributed by atoms with van der Waals surface area (Å²) in [5.41, 5.74) is 0.250. The summed E-state index contributed by atoms with van der Waals surface area (Å²) in [4.78, 5) is 12.3. The van der Waals surface area contributed by atoms with E-state index in [1.165, 1.54) is 24.3 Å². The van der Waals surface area contributed by atoms with E-state index >= 15 is 0 Å². The molecule has 0 spiro atoms. The van der Waals surface area contributed by atoms with Crippen LogP contribution in [0.1, 0.15) is 23.0 Å². The largest absolute Gasteiger partial charge is 0.384 e. The molecule has 5 nitrogen and oxygen atoms in total. The van der Waals surface area contributed by atoms with Gasteiger partial charge in [0.15, 0.2) is 5.69 Å². The Morgan fingerprint density at radius 2 is 1.96 bits per heavy atom. The van der Waals surface area contributed by atoms with Gasteiger partial charge in [0.05, 0.1) is 12.1 Å². The third-order valence-electron chi connectivity index (χ3n) is 3.74. The van der Waals surface area contributed by atoms with E-state index in [0.717, 1.165) is 5.52 Å². The molecule has 0 saturated heterocycles. The van der Waals surface area contributed by atoms with E-state index < -0.39 is 5.60 Å². The molecule has 0 aliphatic carbocycles. The van der Waals surface area contributed by atoms with Crippen LogP contribution in [0.25, 0.3) is 10.9 Å². The molecule has 1 atom stereocenters. The highest BCUT2D eigenvalue weighted by Crippen LogP contribution is 2.20. The smallest absolute Gasteiger partial charge is 0.272 e. The van der Waals surface area contributed by atoms with Crippen LogP contribution in [-0.4, -0.2) is 27.8 Å². The maximum Gasteiger partial charge on any atom is 0.272 e. The van der Waals surface area contributed by atoms with Crippen molar-refractivity contribution in [1.29, 1.82) is 0 Å². The zero-order valence-electron chi connectivity index (χ0n) is 12.5. The van der Waals surface area contributed by atoms with E-state index in [9.17, 15) is 14.3 Å². The van der Waals surface area contributed by atoms with Crippen molar-refractivity contribution in [2.45, 2.75) is 12.5 Å². The quantitative estimate of drug-likeness (QED) is 0.692. The first kappa shape index (κ1) is 15.2. The summed E-state index contributed by atoms with van der Waals surface area (Å²) in [6.45, 7) is 1.54. The van der Waals surface area contributed by atoms with E-state index in [1.807, 2.05) is 18.2 Å². The number of amides is 1. The van der Waals surface area contributed by atoms with Gasteiger partial charge in [-0.05, 0) is 30.7 Å². The lowest BCUT2D eigenvalue weighted by atomic mass is 9.96. The van der Waals surface area contributed by atoms with E-state index in [0.29, 0.717) is 10.9 Å². The molecule has 118 valence electrons. The van der Waals surface area contributed by atoms with Crippen LogP contribution in [0.5, 0.6) is 0 Å². The number of nitrogens with one attached hydrogen (secondary N) is 2. The van der Waals surface area contributed by atoms with Gasteiger partial charge in [-0.3, -0.25) is 9.89 Å². The Morgan fingerprint density at radius 1 is 1.26 bits per heavy atom. The molecule has 0 saturated carbocycles. The Labute approximate surface area is 132 Å². The summed E-state index contributed by atoms with van der Waals surface area (Å²) < 4.78 is 13.0. The average Bonchev–Trinajstić information content (AvgIpc) is 2.97. The summed E-state index contributed by atoms with van der Waals surface area (Å²) >= 11 is 0. The minimum Gasteiger partial charge on any atom is -0.384 e. The van der Waals surface area contributed by atoms with Crippen molar-refractivity contribution in [1.82, 2.24) is 15.5 Å². The number of hydrogen-bond donors (Lipinski definition) is 3. The van der Waals surface area contributed by atoms with Gasteiger partial charge in [-0.15, -0.1) is 0 Å². The lowest BCUT2D eigenvalue weighted by Crippen LogP contribution is -2.38. The molecule has 1 amide bonds. The number of halogens is 1. The lowest BCUT2D eigenvalue weighted by Gasteiger charge is -2.24. The van der Waals surface area contributed by atoms with E-state index in [2.05, 4.69) is 15.5 Å². The van der Waals surface area contributed by atoms with Crippen molar-refractivity contribution in [2.24, 2.45) is 0 Å². The number of fused-ring (bicyclic) bond motifs is 1. The number of aromatic nitrogens is 2. The number of aromatic amines is 1. The lowest BCUT2D eigenvalue weighted by molar-refractivity contribution is 0.0525. The fourth-order valence-electron chi connectivity index (χ4n) is 2.38. The van der Waals surface area contributed by atoms with Crippen LogP contribution >= 0.6 is 0 Å². The maximum atomic E-state index is 13.0. The molecule has 0 bridgehead atoms. The number of nitrogens with zero attached hydrogens (tertiary/aromatic N) is 1. The van der Waals surface area contributed by atoms with Crippen molar-refractivity contribution in [2.75, 3.05) is 6.54 Å². The Morgan fingerprint density at radius 3 is 2.70 bits per heavy atom. The predicted molar refractivity (Wildman–Crippen MR) is 84.4 cm³/mol. The second kappa shape index (κ2) is 5.81. The second-order valence-electron chi connectivity index (χ2n) is 5.58. The molecule has 0 radical (unpaired) electrons. The first-order valence-corrected chi connectivity index (χ1v) is 7.17. The molecule has 3 N–H and O–H groups in total. The molecule has 0 aliphatic heterocycles. The summed E-state index contributed by atoms with van der Waals surface area (Å²) in [6, 6.07) is 12.8. The summed E-state index contributed by atoms with van der Waals surface area (Å²) in [5.74, 6) is -0.763. The SMILES string of the molecule is CC(O)(CNC(=O)c1n[nH]c2ccccc12)c1ccc(F)cc1. The normalized spacial score (nSPS) is 13.7. The summed E-state index contributed by atoms with van der Waals surface area (Å²) in [6.07, 6.45) is 0. The monoisotopic (exact) mass is 313 g/mol. The molecule has 6 heteroatoms. The van der Waals surface area contributed by atoms with E-state index in [4.69, 9.17) is 0 Å². The molecule has 0 aliphatic rings. The van der Waals surface area contributed by atoms with Gasteiger partial charge in [0.25, 0.3) is 5.91 Å². The highest BCUT2D eigenvalue weighted by atomic mass is 19.1. The number of hydrogen-bond acceptors (Lipinski definition) is 3. The van der Waals surface area contributed by atoms with E-state index in [1.54, 1.807) is 13.0 Å². The molecule has 3 rings (SSSR count). The fraction of sp³-hybridized carbons (Fsp3) is 0.176. The van der Waals surface area contributed by atoms with Crippen LogP contribution in [0, 0.1) is 5.82 Å². The van der Waals surface area contributed by atoms with Gasteiger partial charge in [-0.1, -0.05) is 30.3 Å². The van der Waals surface area contributed by atoms with Gasteiger partial charge in [-0.25, -0.2) is 4.39 Å². The summed E-state index contributed by atoms with van der Waals surface area (Å²) in [7, 11) is 0. The number of para-hydroxylation sites is 1. The van der Waals surface area contributed by atoms with Crippen LogP contribution in [0.3, 0.4) is 0 Å². The molecule has 1 unspecified atom stereocenters. The minimum absolute atomic E-state index is 0.0152. The molecular formula is C17H16FN3O2. The highest BCUT2D eigenvalue weighted by Gasteiger charge is 2.25. The van der Waals surface area contributed by atoms with Crippen LogP contribution in [0.2, 0.25) is 0 Å². The second-order valence-corrected chi connectivity index (χ2v) is 5.58. The standard InChI is InChI=1S/C17H16FN3O2/c1-17(23,11-6-8-12(18)9-7-11)10-19-16(22)15-13-4-2-3-5-14(13)20-21-15/h2-9,23H,10H2,1H3,(H,19,22)(H,20,21). The number of carbonyl (C=O) groups excluding carboxylic acids is 1. The molecule has 1 aromatic heterocycles. The molecule has 23 heavy (non-hydrogen) atoms. The Balaban J connectivity index is 1.74. The molecule has 1 heterocycles. The number of carbonyl (C=O) groups is 1. The van der Waals surface area contributed by atoms with Gasteiger partial charge < -0.3 is 10.4 Å². The minimum atomic E-state index is -1.31. The zero-order chi connectivity index (χ0) is 16.4. The van der Waals surface area contributed by atoms with Crippen molar-refractivity contribution in [3.05, 3.63) is 65.6 Å². The van der Waals surface area contributed by atoms with Crippen molar-refractivity contribution < 1.29 is 14.3 Å². The van der Waals surface area contributed by atoms with Gasteiger partial charge in [0.1, 0.15) is 11.4 Å². The predicted octanol–water partition coefficient (Wildman–Crippen LogP) is 2.34. The number of rotatable bonds is 4. The fourth-order valence-corrected chi connectivity index (χ4v) is 2.38. The zero-order valence-corrected chi connectivity index (χ0v) is 12.5. The topological polar surface area (TPSA) is 78.0 Å². The Kier molecular flexibility index (Phi) is 3.83. The van der Waals surface area contributed by atoms with Gasteiger partial charge >= 0.3 is 0 Å². The molecule has 3 aromatic rings. The van der Waals surface area contributed by atoms with Gasteiger partial charge in [0, 0.05) is 5.39 Å². The number of aliphatic hydroxyl groups is 1. The number of H-pyrrole nitrogens is 1. The van der Waals surface area contributed by atoms with Crippen molar-refractivity contribution in [3.63, 3.8) is 0 Å². The van der Waals surface area contributed by atoms with Crippen molar-refractivity contribution >= 4 is 16.8 Å². The maximum absolute atomic E-state index is 13.0. The first-order chi connectivity index (χ1) is 11.0. The van der Waals surface area contributed by atoms with Gasteiger partial charge in [0.2, 0.25) is 0 Å². The Hall–Kier alpha value is -2.73. The molecule has 2 aromatic carbocycles. The molecular weight excluding hydrogens is 297 g/mol.